The number of hydrogen-bond donors (Lipinski definition) is 2. The van der Waals surface area contributed by atoms with Crippen LogP contribution in [0.25, 0.3) is 0 Å². The number of amides is 1. The quantitative estimate of drug-likeness (QED) is 0.872. The molecule has 0 spiro atoms. The van der Waals surface area contributed by atoms with Crippen molar-refractivity contribution >= 4 is 11.6 Å². The van der Waals surface area contributed by atoms with E-state index in [0.717, 1.165) is 6.54 Å². The Labute approximate surface area is 112 Å². The molecular weight excluding hydrogens is 247 g/mol. The van der Waals surface area contributed by atoms with E-state index in [2.05, 4.69) is 10.6 Å². The highest BCUT2D eigenvalue weighted by molar-refractivity contribution is 5.94. The van der Waals surface area contributed by atoms with Gasteiger partial charge in [-0.3, -0.25) is 4.79 Å². The van der Waals surface area contributed by atoms with Gasteiger partial charge in [-0.25, -0.2) is 4.39 Å². The topological polar surface area (TPSA) is 50.4 Å². The van der Waals surface area contributed by atoms with E-state index in [1.54, 1.807) is 13.0 Å². The first-order valence-corrected chi connectivity index (χ1v) is 6.50. The first-order valence-electron chi connectivity index (χ1n) is 6.50. The Balaban J connectivity index is 2.04. The van der Waals surface area contributed by atoms with E-state index in [9.17, 15) is 9.18 Å². The van der Waals surface area contributed by atoms with Gasteiger partial charge in [0.05, 0.1) is 19.1 Å². The van der Waals surface area contributed by atoms with E-state index in [4.69, 9.17) is 4.74 Å². The maximum absolute atomic E-state index is 13.0. The minimum Gasteiger partial charge on any atom is -0.379 e. The Hall–Kier alpha value is -1.46. The molecule has 1 amide bonds. The van der Waals surface area contributed by atoms with Crippen LogP contribution in [0.15, 0.2) is 18.2 Å². The van der Waals surface area contributed by atoms with Crippen LogP contribution >= 0.6 is 0 Å². The molecule has 1 fully saturated rings. The standard InChI is InChI=1S/C14H19FN2O2/c1-3-16-13-8-19-7-11(13)14(18)17-12-5-4-10(15)6-9(12)2/h4-6,11,13,16H,3,7-8H2,1-2H3,(H,17,18). The van der Waals surface area contributed by atoms with Gasteiger partial charge in [-0.15, -0.1) is 0 Å². The molecule has 0 saturated carbocycles. The van der Waals surface area contributed by atoms with Gasteiger partial charge < -0.3 is 15.4 Å². The molecule has 0 aromatic heterocycles. The number of likely N-dealkylation sites (N-methyl/N-ethyl adjacent to an activating group) is 1. The Morgan fingerprint density at radius 3 is 2.95 bits per heavy atom. The van der Waals surface area contributed by atoms with Gasteiger partial charge in [0.25, 0.3) is 0 Å². The number of carbonyl (C=O) groups excluding carboxylic acids is 1. The van der Waals surface area contributed by atoms with Crippen LogP contribution in [0.3, 0.4) is 0 Å². The van der Waals surface area contributed by atoms with E-state index in [1.807, 2.05) is 6.92 Å². The summed E-state index contributed by atoms with van der Waals surface area (Å²) in [5, 5.41) is 6.08. The lowest BCUT2D eigenvalue weighted by atomic mass is 10.0. The van der Waals surface area contributed by atoms with Crippen molar-refractivity contribution in [3.63, 3.8) is 0 Å². The molecule has 5 heteroatoms. The zero-order chi connectivity index (χ0) is 13.8. The average Bonchev–Trinajstić information content (AvgIpc) is 2.81. The summed E-state index contributed by atoms with van der Waals surface area (Å²) in [7, 11) is 0. The monoisotopic (exact) mass is 266 g/mol. The molecule has 1 aromatic rings. The highest BCUT2D eigenvalue weighted by Crippen LogP contribution is 2.20. The van der Waals surface area contributed by atoms with Crippen LogP contribution in [0.4, 0.5) is 10.1 Å². The maximum atomic E-state index is 13.0. The van der Waals surface area contributed by atoms with Crippen molar-refractivity contribution in [1.29, 1.82) is 0 Å². The van der Waals surface area contributed by atoms with Gasteiger partial charge >= 0.3 is 0 Å². The van der Waals surface area contributed by atoms with Crippen LogP contribution in [0.5, 0.6) is 0 Å². The molecule has 0 bridgehead atoms. The number of carbonyl (C=O) groups is 1. The molecule has 1 aromatic carbocycles. The first kappa shape index (κ1) is 14.0. The number of nitrogens with one attached hydrogen (secondary N) is 2. The van der Waals surface area contributed by atoms with Gasteiger partial charge in [0, 0.05) is 11.7 Å². The number of anilines is 1. The second kappa shape index (κ2) is 6.12. The van der Waals surface area contributed by atoms with Crippen molar-refractivity contribution in [3.8, 4) is 0 Å². The lowest BCUT2D eigenvalue weighted by molar-refractivity contribution is -0.120. The molecule has 104 valence electrons. The molecule has 1 saturated heterocycles. The van der Waals surface area contributed by atoms with Gasteiger partial charge in [0.15, 0.2) is 0 Å². The molecule has 2 rings (SSSR count). The van der Waals surface area contributed by atoms with Crippen LogP contribution in [-0.2, 0) is 9.53 Å². The highest BCUT2D eigenvalue weighted by Gasteiger charge is 2.33. The van der Waals surface area contributed by atoms with Crippen molar-refractivity contribution in [2.75, 3.05) is 25.1 Å². The molecule has 2 unspecified atom stereocenters. The Morgan fingerprint density at radius 1 is 1.47 bits per heavy atom. The third-order valence-corrected chi connectivity index (χ3v) is 3.33. The van der Waals surface area contributed by atoms with Crippen molar-refractivity contribution in [1.82, 2.24) is 5.32 Å². The molecule has 1 aliphatic rings. The van der Waals surface area contributed by atoms with Crippen molar-refractivity contribution in [3.05, 3.63) is 29.6 Å². The predicted octanol–water partition coefficient (Wildman–Crippen LogP) is 1.70. The number of benzene rings is 1. The summed E-state index contributed by atoms with van der Waals surface area (Å²) in [5.41, 5.74) is 1.36. The van der Waals surface area contributed by atoms with Crippen molar-refractivity contribution in [2.24, 2.45) is 5.92 Å². The summed E-state index contributed by atoms with van der Waals surface area (Å²) in [5.74, 6) is -0.590. The molecule has 1 aliphatic heterocycles. The zero-order valence-electron chi connectivity index (χ0n) is 11.2. The second-order valence-electron chi connectivity index (χ2n) is 4.76. The average molecular weight is 266 g/mol. The number of ether oxygens (including phenoxy) is 1. The van der Waals surface area contributed by atoms with Gasteiger partial charge in [-0.05, 0) is 37.2 Å². The maximum Gasteiger partial charge on any atom is 0.231 e. The van der Waals surface area contributed by atoms with Gasteiger partial charge in [-0.1, -0.05) is 6.92 Å². The van der Waals surface area contributed by atoms with Gasteiger partial charge in [0.2, 0.25) is 5.91 Å². The smallest absolute Gasteiger partial charge is 0.231 e. The Morgan fingerprint density at radius 2 is 2.26 bits per heavy atom. The molecule has 2 atom stereocenters. The fourth-order valence-corrected chi connectivity index (χ4v) is 2.27. The summed E-state index contributed by atoms with van der Waals surface area (Å²) >= 11 is 0. The largest absolute Gasteiger partial charge is 0.379 e. The predicted molar refractivity (Wildman–Crippen MR) is 71.5 cm³/mol. The van der Waals surface area contributed by atoms with Crippen molar-refractivity contribution < 1.29 is 13.9 Å². The first-order chi connectivity index (χ1) is 9.11. The molecule has 19 heavy (non-hydrogen) atoms. The summed E-state index contributed by atoms with van der Waals surface area (Å²) in [6, 6.07) is 4.38. The fraction of sp³-hybridized carbons (Fsp3) is 0.500. The minimum absolute atomic E-state index is 0.0470. The Bertz CT molecular complexity index is 465. The molecule has 0 radical (unpaired) electrons. The van der Waals surface area contributed by atoms with E-state index >= 15 is 0 Å². The van der Waals surface area contributed by atoms with Crippen molar-refractivity contribution in [2.45, 2.75) is 19.9 Å². The van der Waals surface area contributed by atoms with Crippen LogP contribution < -0.4 is 10.6 Å². The van der Waals surface area contributed by atoms with Crippen LogP contribution in [-0.4, -0.2) is 31.7 Å². The molecule has 0 aliphatic carbocycles. The summed E-state index contributed by atoms with van der Waals surface area (Å²) in [6.45, 7) is 5.54. The van der Waals surface area contributed by atoms with E-state index in [0.29, 0.717) is 24.5 Å². The van der Waals surface area contributed by atoms with Gasteiger partial charge in [0.1, 0.15) is 5.82 Å². The van der Waals surface area contributed by atoms with Crippen LogP contribution in [0, 0.1) is 18.7 Å². The number of aryl methyl sites for hydroxylation is 1. The molecular formula is C14H19FN2O2. The number of rotatable bonds is 4. The summed E-state index contributed by atoms with van der Waals surface area (Å²) in [4.78, 5) is 12.2. The lowest BCUT2D eigenvalue weighted by Gasteiger charge is -2.18. The molecule has 4 nitrogen and oxygen atoms in total. The Kier molecular flexibility index (Phi) is 4.50. The highest BCUT2D eigenvalue weighted by atomic mass is 19.1. The van der Waals surface area contributed by atoms with Crippen LogP contribution in [0.2, 0.25) is 0 Å². The fourth-order valence-electron chi connectivity index (χ4n) is 2.27. The lowest BCUT2D eigenvalue weighted by Crippen LogP contribution is -2.41. The molecule has 1 heterocycles. The van der Waals surface area contributed by atoms with E-state index in [-0.39, 0.29) is 23.7 Å². The van der Waals surface area contributed by atoms with Crippen LogP contribution in [0.1, 0.15) is 12.5 Å². The number of hydrogen-bond acceptors (Lipinski definition) is 3. The van der Waals surface area contributed by atoms with E-state index in [1.165, 1.54) is 12.1 Å². The SMILES string of the molecule is CCNC1COCC1C(=O)Nc1ccc(F)cc1C. The third kappa shape index (κ3) is 3.30. The zero-order valence-corrected chi connectivity index (χ0v) is 11.2. The summed E-state index contributed by atoms with van der Waals surface area (Å²) < 4.78 is 18.4. The normalized spacial score (nSPS) is 22.5. The molecule has 2 N–H and O–H groups in total. The third-order valence-electron chi connectivity index (χ3n) is 3.33. The minimum atomic E-state index is -0.301. The van der Waals surface area contributed by atoms with Gasteiger partial charge in [-0.2, -0.15) is 0 Å². The number of halogens is 1. The summed E-state index contributed by atoms with van der Waals surface area (Å²) in [6.07, 6.45) is 0. The van der Waals surface area contributed by atoms with E-state index < -0.39 is 0 Å². The second-order valence-corrected chi connectivity index (χ2v) is 4.76.